The van der Waals surface area contributed by atoms with Crippen LogP contribution < -0.4 is 20.1 Å². The second-order valence-corrected chi connectivity index (χ2v) is 6.76. The molecular weight excluding hydrogens is 354 g/mol. The molecular formula is C21H31N5O2. The lowest BCUT2D eigenvalue weighted by molar-refractivity contribution is 0.174. The molecule has 1 aliphatic rings. The van der Waals surface area contributed by atoms with Crippen molar-refractivity contribution in [2.45, 2.75) is 46.6 Å². The number of hydrogen-bond donors (Lipinski definition) is 2. The van der Waals surface area contributed by atoms with Crippen LogP contribution in [0.25, 0.3) is 0 Å². The maximum Gasteiger partial charge on any atom is 0.231 e. The molecule has 2 aromatic rings. The van der Waals surface area contributed by atoms with Crippen LogP contribution in [0, 0.1) is 0 Å². The van der Waals surface area contributed by atoms with E-state index in [0.717, 1.165) is 55.5 Å². The Morgan fingerprint density at radius 3 is 2.71 bits per heavy atom. The minimum atomic E-state index is 0.308. The summed E-state index contributed by atoms with van der Waals surface area (Å²) >= 11 is 0. The fourth-order valence-electron chi connectivity index (χ4n) is 3.49. The number of benzene rings is 1. The van der Waals surface area contributed by atoms with E-state index in [2.05, 4.69) is 42.6 Å². The fourth-order valence-corrected chi connectivity index (χ4v) is 3.49. The number of nitrogens with zero attached hydrogens (tertiary/aromatic N) is 3. The first-order valence-electron chi connectivity index (χ1n) is 10.1. The minimum Gasteiger partial charge on any atom is -0.454 e. The van der Waals surface area contributed by atoms with Gasteiger partial charge in [0.15, 0.2) is 17.5 Å². The number of guanidine groups is 1. The monoisotopic (exact) mass is 385 g/mol. The number of rotatable bonds is 8. The largest absolute Gasteiger partial charge is 0.454 e. The first-order valence-corrected chi connectivity index (χ1v) is 10.1. The van der Waals surface area contributed by atoms with Crippen molar-refractivity contribution in [2.24, 2.45) is 12.0 Å². The molecule has 0 atom stereocenters. The Kier molecular flexibility index (Phi) is 6.79. The molecule has 7 nitrogen and oxygen atoms in total. The zero-order valence-corrected chi connectivity index (χ0v) is 17.3. The average molecular weight is 386 g/mol. The Morgan fingerprint density at radius 1 is 1.14 bits per heavy atom. The molecule has 0 spiro atoms. The molecule has 2 N–H and O–H groups in total. The van der Waals surface area contributed by atoms with Gasteiger partial charge in [0.2, 0.25) is 6.79 Å². The normalized spacial score (nSPS) is 13.1. The van der Waals surface area contributed by atoms with E-state index < -0.39 is 0 Å². The average Bonchev–Trinajstić information content (AvgIpc) is 3.28. The zero-order valence-electron chi connectivity index (χ0n) is 17.3. The van der Waals surface area contributed by atoms with E-state index >= 15 is 0 Å². The second kappa shape index (κ2) is 9.48. The predicted molar refractivity (Wildman–Crippen MR) is 111 cm³/mol. The van der Waals surface area contributed by atoms with Gasteiger partial charge in [0, 0.05) is 31.4 Å². The third kappa shape index (κ3) is 4.58. The number of hydrogen-bond acceptors (Lipinski definition) is 4. The van der Waals surface area contributed by atoms with Gasteiger partial charge in [-0.2, -0.15) is 5.10 Å². The number of ether oxygens (including phenoxy) is 2. The number of aliphatic imine (C=N–C) groups is 1. The third-order valence-corrected chi connectivity index (χ3v) is 4.91. The highest BCUT2D eigenvalue weighted by Gasteiger charge is 2.14. The summed E-state index contributed by atoms with van der Waals surface area (Å²) in [6.45, 7) is 8.95. The smallest absolute Gasteiger partial charge is 0.231 e. The molecule has 0 saturated heterocycles. The second-order valence-electron chi connectivity index (χ2n) is 6.76. The molecule has 0 fully saturated rings. The lowest BCUT2D eigenvalue weighted by Gasteiger charge is -2.12. The third-order valence-electron chi connectivity index (χ3n) is 4.91. The first-order chi connectivity index (χ1) is 13.7. The summed E-state index contributed by atoms with van der Waals surface area (Å²) in [7, 11) is 2.01. The van der Waals surface area contributed by atoms with Gasteiger partial charge in [0.05, 0.1) is 12.2 Å². The first kappa shape index (κ1) is 20.0. The molecule has 0 bridgehead atoms. The van der Waals surface area contributed by atoms with Gasteiger partial charge in [0.1, 0.15) is 0 Å². The number of fused-ring (bicyclic) bond motifs is 1. The van der Waals surface area contributed by atoms with Crippen molar-refractivity contribution in [3.05, 3.63) is 40.7 Å². The van der Waals surface area contributed by atoms with Gasteiger partial charge in [0.25, 0.3) is 0 Å². The van der Waals surface area contributed by atoms with Gasteiger partial charge in [-0.1, -0.05) is 19.9 Å². The van der Waals surface area contributed by atoms with E-state index in [1.54, 1.807) is 0 Å². The summed E-state index contributed by atoms with van der Waals surface area (Å²) in [5.41, 5.74) is 4.86. The van der Waals surface area contributed by atoms with Crippen molar-refractivity contribution < 1.29 is 9.47 Å². The number of nitrogens with one attached hydrogen (secondary N) is 2. The van der Waals surface area contributed by atoms with E-state index in [1.165, 1.54) is 16.8 Å². The Morgan fingerprint density at radius 2 is 1.96 bits per heavy atom. The SMILES string of the molecule is CCNC(=NCc1c(CC)nn(C)c1CC)NCCc1ccc2c(c1)OCO2. The van der Waals surface area contributed by atoms with Gasteiger partial charge >= 0.3 is 0 Å². The van der Waals surface area contributed by atoms with Crippen LogP contribution >= 0.6 is 0 Å². The highest BCUT2D eigenvalue weighted by Crippen LogP contribution is 2.32. The van der Waals surface area contributed by atoms with Crippen LogP contribution in [-0.4, -0.2) is 35.6 Å². The molecule has 0 radical (unpaired) electrons. The molecule has 1 aromatic heterocycles. The van der Waals surface area contributed by atoms with Crippen LogP contribution in [0.15, 0.2) is 23.2 Å². The summed E-state index contributed by atoms with van der Waals surface area (Å²) in [5, 5.41) is 11.4. The molecule has 0 amide bonds. The lowest BCUT2D eigenvalue weighted by atomic mass is 10.1. The van der Waals surface area contributed by atoms with Crippen LogP contribution in [0.1, 0.15) is 43.3 Å². The summed E-state index contributed by atoms with van der Waals surface area (Å²) in [5.74, 6) is 2.48. The van der Waals surface area contributed by atoms with Gasteiger partial charge in [-0.05, 0) is 43.9 Å². The van der Waals surface area contributed by atoms with E-state index in [4.69, 9.17) is 14.5 Å². The molecule has 1 aromatic carbocycles. The standard InChI is InChI=1S/C21H31N5O2/c1-5-17-16(18(6-2)26(4)25-17)13-24-21(22-7-3)23-11-10-15-8-9-19-20(12-15)28-14-27-19/h8-9,12H,5-7,10-11,13-14H2,1-4H3,(H2,22,23,24). The number of aryl methyl sites for hydroxylation is 2. The Bertz CT molecular complexity index is 828. The van der Waals surface area contributed by atoms with Gasteiger partial charge in [-0.25, -0.2) is 4.99 Å². The van der Waals surface area contributed by atoms with Gasteiger partial charge in [-0.3, -0.25) is 4.68 Å². The highest BCUT2D eigenvalue weighted by atomic mass is 16.7. The molecule has 2 heterocycles. The van der Waals surface area contributed by atoms with E-state index in [9.17, 15) is 0 Å². The number of aromatic nitrogens is 2. The Hall–Kier alpha value is -2.70. The minimum absolute atomic E-state index is 0.308. The molecule has 0 aliphatic carbocycles. The van der Waals surface area contributed by atoms with Crippen molar-refractivity contribution >= 4 is 5.96 Å². The van der Waals surface area contributed by atoms with Gasteiger partial charge in [-0.15, -0.1) is 0 Å². The maximum absolute atomic E-state index is 5.45. The van der Waals surface area contributed by atoms with Crippen molar-refractivity contribution in [1.82, 2.24) is 20.4 Å². The van der Waals surface area contributed by atoms with Crippen LogP contribution in [-0.2, 0) is 32.9 Å². The molecule has 7 heteroatoms. The molecule has 0 unspecified atom stereocenters. The summed E-state index contributed by atoms with van der Waals surface area (Å²) < 4.78 is 12.8. The molecule has 152 valence electrons. The molecule has 28 heavy (non-hydrogen) atoms. The van der Waals surface area contributed by atoms with Crippen molar-refractivity contribution in [2.75, 3.05) is 19.9 Å². The van der Waals surface area contributed by atoms with Gasteiger partial charge < -0.3 is 20.1 Å². The lowest BCUT2D eigenvalue weighted by Crippen LogP contribution is -2.38. The maximum atomic E-state index is 5.45. The topological polar surface area (TPSA) is 72.7 Å². The quantitative estimate of drug-likeness (QED) is 0.540. The highest BCUT2D eigenvalue weighted by molar-refractivity contribution is 5.79. The molecule has 1 aliphatic heterocycles. The predicted octanol–water partition coefficient (Wildman–Crippen LogP) is 2.57. The van der Waals surface area contributed by atoms with E-state index in [0.29, 0.717) is 13.3 Å². The Labute approximate surface area is 167 Å². The van der Waals surface area contributed by atoms with Crippen LogP contribution in [0.2, 0.25) is 0 Å². The van der Waals surface area contributed by atoms with Crippen LogP contribution in [0.4, 0.5) is 0 Å². The zero-order chi connectivity index (χ0) is 19.9. The molecule has 3 rings (SSSR count). The van der Waals surface area contributed by atoms with Crippen molar-refractivity contribution in [3.8, 4) is 11.5 Å². The van der Waals surface area contributed by atoms with Crippen LogP contribution in [0.3, 0.4) is 0 Å². The summed E-state index contributed by atoms with van der Waals surface area (Å²) in [6.07, 6.45) is 2.77. The summed E-state index contributed by atoms with van der Waals surface area (Å²) in [4.78, 5) is 4.80. The van der Waals surface area contributed by atoms with Crippen molar-refractivity contribution in [3.63, 3.8) is 0 Å². The van der Waals surface area contributed by atoms with Crippen molar-refractivity contribution in [1.29, 1.82) is 0 Å². The van der Waals surface area contributed by atoms with E-state index in [-0.39, 0.29) is 0 Å². The van der Waals surface area contributed by atoms with E-state index in [1.807, 2.05) is 23.9 Å². The fraction of sp³-hybridized carbons (Fsp3) is 0.524. The molecule has 0 saturated carbocycles. The summed E-state index contributed by atoms with van der Waals surface area (Å²) in [6, 6.07) is 6.10. The Balaban J connectivity index is 1.62. The van der Waals surface area contributed by atoms with Crippen LogP contribution in [0.5, 0.6) is 11.5 Å².